The van der Waals surface area contributed by atoms with Gasteiger partial charge in [-0.3, -0.25) is 4.79 Å². The molecule has 0 bridgehead atoms. The van der Waals surface area contributed by atoms with E-state index in [0.29, 0.717) is 24.5 Å². The van der Waals surface area contributed by atoms with Gasteiger partial charge in [0.1, 0.15) is 10.8 Å². The zero-order valence-corrected chi connectivity index (χ0v) is 16.0. The van der Waals surface area contributed by atoms with Crippen LogP contribution in [-0.4, -0.2) is 29.8 Å². The summed E-state index contributed by atoms with van der Waals surface area (Å²) < 4.78 is 5.24. The maximum atomic E-state index is 12.5. The number of anilines is 1. The Morgan fingerprint density at radius 3 is 2.85 bits per heavy atom. The number of aromatic nitrogens is 2. The van der Waals surface area contributed by atoms with Gasteiger partial charge in [-0.05, 0) is 42.5 Å². The summed E-state index contributed by atoms with van der Waals surface area (Å²) in [6, 6.07) is 7.87. The van der Waals surface area contributed by atoms with Crippen molar-refractivity contribution >= 4 is 22.4 Å². The number of nitrogens with one attached hydrogen (secondary N) is 1. The second-order valence-corrected chi connectivity index (χ2v) is 8.08. The lowest BCUT2D eigenvalue weighted by molar-refractivity contribution is -0.118. The third-order valence-corrected chi connectivity index (χ3v) is 5.92. The zero-order valence-electron chi connectivity index (χ0n) is 15.2. The zero-order chi connectivity index (χ0) is 18.4. The number of hydrogen-bond donors (Lipinski definition) is 2. The highest BCUT2D eigenvalue weighted by Crippen LogP contribution is 2.38. The molecule has 1 heterocycles. The molecular formula is C19H26N4O2S. The summed E-state index contributed by atoms with van der Waals surface area (Å²) in [7, 11) is 1.65. The second-order valence-electron chi connectivity index (χ2n) is 7.02. The van der Waals surface area contributed by atoms with E-state index < -0.39 is 0 Å². The summed E-state index contributed by atoms with van der Waals surface area (Å²) >= 11 is 1.41. The number of methoxy groups -OCH3 is 1. The van der Waals surface area contributed by atoms with Crippen molar-refractivity contribution in [1.29, 1.82) is 0 Å². The van der Waals surface area contributed by atoms with Gasteiger partial charge in [-0.15, -0.1) is 10.2 Å². The Kier molecular flexibility index (Phi) is 6.21. The average molecular weight is 375 g/mol. The first kappa shape index (κ1) is 18.8. The van der Waals surface area contributed by atoms with Crippen LogP contribution in [0.2, 0.25) is 0 Å². The van der Waals surface area contributed by atoms with Crippen LogP contribution in [0.1, 0.15) is 49.1 Å². The molecule has 0 unspecified atom stereocenters. The van der Waals surface area contributed by atoms with Gasteiger partial charge in [0.25, 0.3) is 0 Å². The monoisotopic (exact) mass is 374 g/mol. The van der Waals surface area contributed by atoms with Crippen LogP contribution in [0.25, 0.3) is 0 Å². The van der Waals surface area contributed by atoms with Gasteiger partial charge in [0, 0.05) is 12.8 Å². The fraction of sp³-hybridized carbons (Fsp3) is 0.526. The van der Waals surface area contributed by atoms with Gasteiger partial charge in [-0.1, -0.05) is 42.7 Å². The van der Waals surface area contributed by atoms with Crippen molar-refractivity contribution < 1.29 is 9.53 Å². The number of benzene rings is 1. The first-order valence-electron chi connectivity index (χ1n) is 9.08. The van der Waals surface area contributed by atoms with Crippen LogP contribution in [0.15, 0.2) is 24.3 Å². The molecule has 1 aliphatic carbocycles. The average Bonchev–Trinajstić information content (AvgIpc) is 3.09. The van der Waals surface area contributed by atoms with Crippen molar-refractivity contribution in [1.82, 2.24) is 10.2 Å². The van der Waals surface area contributed by atoms with E-state index >= 15 is 0 Å². The van der Waals surface area contributed by atoms with Crippen LogP contribution in [0.4, 0.5) is 5.13 Å². The molecule has 6 nitrogen and oxygen atoms in total. The van der Waals surface area contributed by atoms with Crippen LogP contribution >= 0.6 is 11.3 Å². The lowest BCUT2D eigenvalue weighted by atomic mass is 9.72. The van der Waals surface area contributed by atoms with Crippen LogP contribution in [0.5, 0.6) is 5.75 Å². The van der Waals surface area contributed by atoms with Crippen molar-refractivity contribution in [2.45, 2.75) is 44.9 Å². The van der Waals surface area contributed by atoms with E-state index in [0.717, 1.165) is 42.0 Å². The lowest BCUT2D eigenvalue weighted by Crippen LogP contribution is -2.36. The standard InChI is InChI=1S/C19H26N4O2S/c1-25-15-7-5-6-14(10-15)11-17-22-23-18(26-17)21-16(24)12-19(13-20)8-3-2-4-9-19/h5-7,10H,2-4,8-9,11-13,20H2,1H3,(H,21,23,24). The molecule has 1 amide bonds. The van der Waals surface area contributed by atoms with Crippen molar-refractivity contribution in [3.05, 3.63) is 34.8 Å². The number of hydrogen-bond acceptors (Lipinski definition) is 6. The number of nitrogens with two attached hydrogens (primary N) is 1. The molecule has 0 aliphatic heterocycles. The minimum Gasteiger partial charge on any atom is -0.497 e. The number of ether oxygens (including phenoxy) is 1. The Balaban J connectivity index is 1.58. The van der Waals surface area contributed by atoms with E-state index in [9.17, 15) is 4.79 Å². The fourth-order valence-corrected chi connectivity index (χ4v) is 4.38. The van der Waals surface area contributed by atoms with E-state index in [-0.39, 0.29) is 11.3 Å². The molecule has 1 aromatic carbocycles. The molecule has 1 saturated carbocycles. The van der Waals surface area contributed by atoms with E-state index in [1.807, 2.05) is 24.3 Å². The van der Waals surface area contributed by atoms with E-state index in [4.69, 9.17) is 10.5 Å². The number of amides is 1. The summed E-state index contributed by atoms with van der Waals surface area (Å²) in [4.78, 5) is 12.5. The summed E-state index contributed by atoms with van der Waals surface area (Å²) in [5.74, 6) is 0.807. The molecule has 26 heavy (non-hydrogen) atoms. The molecule has 0 atom stereocenters. The Bertz CT molecular complexity index is 741. The van der Waals surface area contributed by atoms with Gasteiger partial charge >= 0.3 is 0 Å². The summed E-state index contributed by atoms with van der Waals surface area (Å²) in [5, 5.41) is 12.6. The van der Waals surface area contributed by atoms with Crippen LogP contribution in [0, 0.1) is 5.41 Å². The number of rotatable bonds is 7. The minimum absolute atomic E-state index is 0.0126. The highest BCUT2D eigenvalue weighted by Gasteiger charge is 2.33. The Hall–Kier alpha value is -1.99. The molecule has 1 aliphatic rings. The molecule has 1 fully saturated rings. The molecule has 2 aromatic rings. The van der Waals surface area contributed by atoms with Crippen LogP contribution in [-0.2, 0) is 11.2 Å². The van der Waals surface area contributed by atoms with Gasteiger partial charge in [-0.2, -0.15) is 0 Å². The summed E-state index contributed by atoms with van der Waals surface area (Å²) in [5.41, 5.74) is 7.03. The Labute approximate surface area is 158 Å². The first-order chi connectivity index (χ1) is 12.6. The number of carbonyl (C=O) groups excluding carboxylic acids is 1. The van der Waals surface area contributed by atoms with Gasteiger partial charge in [-0.25, -0.2) is 0 Å². The quantitative estimate of drug-likeness (QED) is 0.775. The van der Waals surface area contributed by atoms with Crippen molar-refractivity contribution in [3.63, 3.8) is 0 Å². The predicted molar refractivity (Wildman–Crippen MR) is 104 cm³/mol. The first-order valence-corrected chi connectivity index (χ1v) is 9.89. The highest BCUT2D eigenvalue weighted by molar-refractivity contribution is 7.15. The van der Waals surface area contributed by atoms with Gasteiger partial charge in [0.2, 0.25) is 11.0 Å². The molecule has 7 heteroatoms. The van der Waals surface area contributed by atoms with E-state index in [2.05, 4.69) is 15.5 Å². The molecule has 0 saturated heterocycles. The number of nitrogens with zero attached hydrogens (tertiary/aromatic N) is 2. The summed E-state index contributed by atoms with van der Waals surface area (Å²) in [6.07, 6.45) is 6.77. The maximum Gasteiger partial charge on any atom is 0.226 e. The molecule has 0 radical (unpaired) electrons. The minimum atomic E-state index is -0.0452. The van der Waals surface area contributed by atoms with Crippen LogP contribution in [0.3, 0.4) is 0 Å². The van der Waals surface area contributed by atoms with Crippen molar-refractivity contribution in [2.24, 2.45) is 11.1 Å². The SMILES string of the molecule is COc1cccc(Cc2nnc(NC(=O)CC3(CN)CCCCC3)s2)c1. The van der Waals surface area contributed by atoms with Crippen molar-refractivity contribution in [2.75, 3.05) is 19.0 Å². The second kappa shape index (κ2) is 8.60. The third-order valence-electron chi connectivity index (χ3n) is 5.09. The smallest absolute Gasteiger partial charge is 0.226 e. The van der Waals surface area contributed by atoms with Crippen LogP contribution < -0.4 is 15.8 Å². The topological polar surface area (TPSA) is 90.1 Å². The maximum absolute atomic E-state index is 12.5. The largest absolute Gasteiger partial charge is 0.497 e. The molecule has 1 aromatic heterocycles. The molecule has 3 rings (SSSR count). The summed E-state index contributed by atoms with van der Waals surface area (Å²) in [6.45, 7) is 0.567. The molecule has 0 spiro atoms. The van der Waals surface area contributed by atoms with Gasteiger partial charge in [0.15, 0.2) is 0 Å². The highest BCUT2D eigenvalue weighted by atomic mass is 32.1. The third kappa shape index (κ3) is 4.80. The Morgan fingerprint density at radius 1 is 1.31 bits per heavy atom. The number of carbonyl (C=O) groups is 1. The van der Waals surface area contributed by atoms with Crippen molar-refractivity contribution in [3.8, 4) is 5.75 Å². The lowest BCUT2D eigenvalue weighted by Gasteiger charge is -2.35. The fourth-order valence-electron chi connectivity index (χ4n) is 3.59. The molecular weight excluding hydrogens is 348 g/mol. The van der Waals surface area contributed by atoms with E-state index in [1.54, 1.807) is 7.11 Å². The molecule has 3 N–H and O–H groups in total. The Morgan fingerprint density at radius 2 is 2.12 bits per heavy atom. The molecule has 140 valence electrons. The normalized spacial score (nSPS) is 16.2. The van der Waals surface area contributed by atoms with Gasteiger partial charge in [0.05, 0.1) is 7.11 Å². The predicted octanol–water partition coefficient (Wildman–Crippen LogP) is 3.38. The van der Waals surface area contributed by atoms with Gasteiger partial charge < -0.3 is 15.8 Å². The van der Waals surface area contributed by atoms with E-state index in [1.165, 1.54) is 17.8 Å².